The highest BCUT2D eigenvalue weighted by Crippen LogP contribution is 2.21. The Hall–Kier alpha value is -0.870. The van der Waals surface area contributed by atoms with Gasteiger partial charge in [-0.3, -0.25) is 9.69 Å². The van der Waals surface area contributed by atoms with E-state index >= 15 is 0 Å². The zero-order chi connectivity index (χ0) is 14.8. The van der Waals surface area contributed by atoms with Crippen molar-refractivity contribution in [2.45, 2.75) is 27.3 Å². The molecule has 20 heavy (non-hydrogen) atoms. The van der Waals surface area contributed by atoms with Gasteiger partial charge >= 0.3 is 0 Å². The average molecular weight is 339 g/mol. The summed E-state index contributed by atoms with van der Waals surface area (Å²) in [6.07, 6.45) is 0. The van der Waals surface area contributed by atoms with Gasteiger partial charge in [0.05, 0.1) is 0 Å². The van der Waals surface area contributed by atoms with Crippen molar-refractivity contribution in [3.63, 3.8) is 0 Å². The molecule has 0 spiro atoms. The minimum atomic E-state index is -0.273. The molecule has 1 aliphatic heterocycles. The first-order valence-electron chi connectivity index (χ1n) is 7.13. The monoisotopic (exact) mass is 338 g/mol. The summed E-state index contributed by atoms with van der Waals surface area (Å²) >= 11 is 3.59. The zero-order valence-corrected chi connectivity index (χ0v) is 14.1. The molecule has 1 heterocycles. The molecule has 1 amide bonds. The van der Waals surface area contributed by atoms with Gasteiger partial charge in [0, 0.05) is 42.6 Å². The van der Waals surface area contributed by atoms with Crippen LogP contribution in [-0.4, -0.2) is 41.9 Å². The largest absolute Gasteiger partial charge is 0.340 e. The van der Waals surface area contributed by atoms with Crippen LogP contribution in [0.2, 0.25) is 0 Å². The molecule has 3 nitrogen and oxygen atoms in total. The molecule has 1 aromatic rings. The summed E-state index contributed by atoms with van der Waals surface area (Å²) in [5.41, 5.74) is 1.04. The predicted octanol–water partition coefficient (Wildman–Crippen LogP) is 3.14. The maximum absolute atomic E-state index is 12.2. The molecule has 110 valence electrons. The van der Waals surface area contributed by atoms with E-state index in [1.807, 2.05) is 31.7 Å². The molecule has 4 heteroatoms. The van der Waals surface area contributed by atoms with E-state index < -0.39 is 0 Å². The first-order chi connectivity index (χ1) is 9.38. The third kappa shape index (κ3) is 3.83. The molecular formula is C16H23BrN2O. The van der Waals surface area contributed by atoms with Crippen molar-refractivity contribution in [1.82, 2.24) is 9.80 Å². The smallest absolute Gasteiger partial charge is 0.228 e. The molecule has 0 aromatic heterocycles. The number of nitrogens with zero attached hydrogens (tertiary/aromatic N) is 2. The number of piperazine rings is 1. The van der Waals surface area contributed by atoms with Gasteiger partial charge in [0.25, 0.3) is 0 Å². The second-order valence-electron chi connectivity index (χ2n) is 6.41. The van der Waals surface area contributed by atoms with Crippen molar-refractivity contribution in [1.29, 1.82) is 0 Å². The van der Waals surface area contributed by atoms with Crippen LogP contribution < -0.4 is 0 Å². The maximum atomic E-state index is 12.2. The van der Waals surface area contributed by atoms with E-state index in [1.54, 1.807) is 0 Å². The first kappa shape index (κ1) is 15.5. The Bertz CT molecular complexity index is 474. The van der Waals surface area contributed by atoms with E-state index in [0.29, 0.717) is 0 Å². The topological polar surface area (TPSA) is 23.6 Å². The van der Waals surface area contributed by atoms with Crippen molar-refractivity contribution < 1.29 is 4.79 Å². The lowest BCUT2D eigenvalue weighted by atomic mass is 9.94. The van der Waals surface area contributed by atoms with E-state index in [-0.39, 0.29) is 11.3 Å². The van der Waals surface area contributed by atoms with Crippen LogP contribution in [0.25, 0.3) is 0 Å². The molecule has 0 radical (unpaired) electrons. The first-order valence-corrected chi connectivity index (χ1v) is 7.92. The summed E-state index contributed by atoms with van der Waals surface area (Å²) in [4.78, 5) is 16.6. The maximum Gasteiger partial charge on any atom is 0.228 e. The van der Waals surface area contributed by atoms with Crippen LogP contribution in [0.5, 0.6) is 0 Å². The minimum Gasteiger partial charge on any atom is -0.340 e. The quantitative estimate of drug-likeness (QED) is 0.826. The second-order valence-corrected chi connectivity index (χ2v) is 7.26. The second kappa shape index (κ2) is 6.27. The summed E-state index contributed by atoms with van der Waals surface area (Å²) in [7, 11) is 0. The Kier molecular flexibility index (Phi) is 4.86. The summed E-state index contributed by atoms with van der Waals surface area (Å²) < 4.78 is 1.16. The van der Waals surface area contributed by atoms with Gasteiger partial charge in [-0.2, -0.15) is 0 Å². The van der Waals surface area contributed by atoms with E-state index in [2.05, 4.69) is 39.0 Å². The van der Waals surface area contributed by atoms with Crippen molar-refractivity contribution in [3.8, 4) is 0 Å². The van der Waals surface area contributed by atoms with Gasteiger partial charge in [0.15, 0.2) is 0 Å². The van der Waals surface area contributed by atoms with E-state index in [1.165, 1.54) is 5.56 Å². The number of rotatable bonds is 2. The Balaban J connectivity index is 1.89. The van der Waals surface area contributed by atoms with Crippen LogP contribution in [0, 0.1) is 5.41 Å². The van der Waals surface area contributed by atoms with Gasteiger partial charge in [-0.05, 0) is 11.6 Å². The fraction of sp³-hybridized carbons (Fsp3) is 0.562. The number of carbonyl (C=O) groups is 1. The molecule has 2 rings (SSSR count). The van der Waals surface area contributed by atoms with Crippen LogP contribution in [0.15, 0.2) is 28.7 Å². The third-order valence-corrected chi connectivity index (χ3v) is 4.43. The van der Waals surface area contributed by atoms with Gasteiger partial charge in [0.1, 0.15) is 0 Å². The molecule has 0 atom stereocenters. The summed E-state index contributed by atoms with van der Waals surface area (Å²) in [5, 5.41) is 0. The van der Waals surface area contributed by atoms with Gasteiger partial charge in [0.2, 0.25) is 5.91 Å². The van der Waals surface area contributed by atoms with Crippen molar-refractivity contribution >= 4 is 21.8 Å². The summed E-state index contributed by atoms with van der Waals surface area (Å²) in [5.74, 6) is 0.262. The lowest BCUT2D eigenvalue weighted by Gasteiger charge is -2.37. The molecule has 1 aromatic carbocycles. The van der Waals surface area contributed by atoms with Crippen LogP contribution >= 0.6 is 15.9 Å². The average Bonchev–Trinajstić information content (AvgIpc) is 2.40. The van der Waals surface area contributed by atoms with Crippen molar-refractivity contribution in [2.75, 3.05) is 26.2 Å². The highest BCUT2D eigenvalue weighted by Gasteiger charge is 2.29. The number of hydrogen-bond donors (Lipinski definition) is 0. The van der Waals surface area contributed by atoms with Gasteiger partial charge in [-0.15, -0.1) is 0 Å². The lowest BCUT2D eigenvalue weighted by Crippen LogP contribution is -2.51. The highest BCUT2D eigenvalue weighted by molar-refractivity contribution is 9.10. The molecule has 0 saturated carbocycles. The molecule has 0 unspecified atom stereocenters. The van der Waals surface area contributed by atoms with E-state index in [4.69, 9.17) is 0 Å². The number of halogens is 1. The van der Waals surface area contributed by atoms with Gasteiger partial charge < -0.3 is 4.90 Å². The van der Waals surface area contributed by atoms with Crippen LogP contribution in [0.3, 0.4) is 0 Å². The SMILES string of the molecule is CC(C)(C)C(=O)N1CCN(Cc2ccccc2Br)CC1. The van der Waals surface area contributed by atoms with Crippen molar-refractivity contribution in [3.05, 3.63) is 34.3 Å². The zero-order valence-electron chi connectivity index (χ0n) is 12.5. The lowest BCUT2D eigenvalue weighted by molar-refractivity contribution is -0.141. The van der Waals surface area contributed by atoms with Crippen LogP contribution in [-0.2, 0) is 11.3 Å². The molecule has 1 saturated heterocycles. The Morgan fingerprint density at radius 3 is 2.30 bits per heavy atom. The summed E-state index contributed by atoms with van der Waals surface area (Å²) in [6.45, 7) is 10.5. The minimum absolute atomic E-state index is 0.262. The van der Waals surface area contributed by atoms with Gasteiger partial charge in [-0.1, -0.05) is 54.9 Å². The van der Waals surface area contributed by atoms with Gasteiger partial charge in [-0.25, -0.2) is 0 Å². The standard InChI is InChI=1S/C16H23BrN2O/c1-16(2,3)15(20)19-10-8-18(9-11-19)12-13-6-4-5-7-14(13)17/h4-7H,8-12H2,1-3H3. The molecule has 0 bridgehead atoms. The normalized spacial score (nSPS) is 17.3. The van der Waals surface area contributed by atoms with E-state index in [0.717, 1.165) is 37.2 Å². The number of benzene rings is 1. The predicted molar refractivity (Wildman–Crippen MR) is 85.5 cm³/mol. The van der Waals surface area contributed by atoms with Crippen molar-refractivity contribution in [2.24, 2.45) is 5.41 Å². The van der Waals surface area contributed by atoms with Crippen LogP contribution in [0.4, 0.5) is 0 Å². The molecule has 1 fully saturated rings. The number of carbonyl (C=O) groups excluding carboxylic acids is 1. The third-order valence-electron chi connectivity index (χ3n) is 3.65. The molecular weight excluding hydrogens is 316 g/mol. The number of hydrogen-bond acceptors (Lipinski definition) is 2. The van der Waals surface area contributed by atoms with Crippen LogP contribution in [0.1, 0.15) is 26.3 Å². The fourth-order valence-electron chi connectivity index (χ4n) is 2.45. The fourth-order valence-corrected chi connectivity index (χ4v) is 2.86. The summed E-state index contributed by atoms with van der Waals surface area (Å²) in [6, 6.07) is 8.33. The van der Waals surface area contributed by atoms with E-state index in [9.17, 15) is 4.79 Å². The molecule has 0 aliphatic carbocycles. The Morgan fingerprint density at radius 1 is 1.15 bits per heavy atom. The Labute approximate surface area is 130 Å². The molecule has 0 N–H and O–H groups in total. The Morgan fingerprint density at radius 2 is 1.75 bits per heavy atom. The number of amides is 1. The molecule has 1 aliphatic rings. The highest BCUT2D eigenvalue weighted by atomic mass is 79.9.